The van der Waals surface area contributed by atoms with Crippen molar-refractivity contribution in [2.45, 2.75) is 6.61 Å². The van der Waals surface area contributed by atoms with Crippen molar-refractivity contribution in [3.05, 3.63) is 194 Å². The van der Waals surface area contributed by atoms with Crippen LogP contribution in [0.2, 0.25) is 0 Å². The molecule has 0 amide bonds. The standard InChI is InChI=1S/C49H35N3O/c50-49-41(35-17-5-2-6-18-35)30-36(34-15-3-1-4-16-34)31-48(49)53-32-33-27-28-46(51-42-23-11-7-19-37(42)38-20-8-12-24-43(38)51)47(29-33)52-44-25-13-9-21-39(44)40-22-10-14-26-45(40)52/h1-31H,32,50H2. The Balaban J connectivity index is 1.16. The van der Waals surface area contributed by atoms with Crippen LogP contribution >= 0.6 is 0 Å². The molecule has 4 nitrogen and oxygen atoms in total. The number of nitrogens with two attached hydrogens (primary N) is 1. The van der Waals surface area contributed by atoms with Gasteiger partial charge < -0.3 is 19.6 Å². The number of fused-ring (bicyclic) bond motifs is 6. The molecule has 0 aliphatic carbocycles. The lowest BCUT2D eigenvalue weighted by molar-refractivity contribution is 0.308. The number of ether oxygens (including phenoxy) is 1. The summed E-state index contributed by atoms with van der Waals surface area (Å²) >= 11 is 0. The maximum Gasteiger partial charge on any atom is 0.143 e. The second-order valence-electron chi connectivity index (χ2n) is 13.5. The van der Waals surface area contributed by atoms with E-state index in [2.05, 4.69) is 173 Å². The number of hydrogen-bond donors (Lipinski definition) is 1. The minimum absolute atomic E-state index is 0.342. The van der Waals surface area contributed by atoms with Crippen molar-refractivity contribution in [3.8, 4) is 39.4 Å². The van der Waals surface area contributed by atoms with Gasteiger partial charge in [0, 0.05) is 27.1 Å². The summed E-state index contributed by atoms with van der Waals surface area (Å²) in [6, 6.07) is 66.3. The highest BCUT2D eigenvalue weighted by Crippen LogP contribution is 2.41. The Labute approximate surface area is 307 Å². The molecule has 0 saturated heterocycles. The Morgan fingerprint density at radius 3 is 1.38 bits per heavy atom. The van der Waals surface area contributed by atoms with E-state index in [4.69, 9.17) is 10.5 Å². The first-order valence-electron chi connectivity index (χ1n) is 18.0. The van der Waals surface area contributed by atoms with E-state index in [9.17, 15) is 0 Å². The summed E-state index contributed by atoms with van der Waals surface area (Å²) in [5.41, 5.74) is 19.6. The fraction of sp³-hybridized carbons (Fsp3) is 0.0204. The second-order valence-corrected chi connectivity index (χ2v) is 13.5. The highest BCUT2D eigenvalue weighted by Gasteiger charge is 2.20. The molecule has 252 valence electrons. The summed E-state index contributed by atoms with van der Waals surface area (Å²) in [4.78, 5) is 0. The van der Waals surface area contributed by atoms with Gasteiger partial charge in [0.15, 0.2) is 0 Å². The van der Waals surface area contributed by atoms with Crippen molar-refractivity contribution in [1.82, 2.24) is 9.13 Å². The molecule has 0 radical (unpaired) electrons. The third-order valence-corrected chi connectivity index (χ3v) is 10.4. The Morgan fingerprint density at radius 1 is 0.396 bits per heavy atom. The molecule has 8 aromatic carbocycles. The number of nitrogens with zero attached hydrogens (tertiary/aromatic N) is 2. The third-order valence-electron chi connectivity index (χ3n) is 10.4. The molecular weight excluding hydrogens is 647 g/mol. The molecule has 53 heavy (non-hydrogen) atoms. The molecule has 0 fully saturated rings. The summed E-state index contributed by atoms with van der Waals surface area (Å²) in [6.45, 7) is 0.342. The maximum absolute atomic E-state index is 6.92. The van der Waals surface area contributed by atoms with Gasteiger partial charge in [0.05, 0.1) is 39.1 Å². The summed E-state index contributed by atoms with van der Waals surface area (Å²) in [5.74, 6) is 0.662. The zero-order valence-electron chi connectivity index (χ0n) is 29.0. The minimum atomic E-state index is 0.342. The first kappa shape index (κ1) is 30.8. The van der Waals surface area contributed by atoms with Crippen LogP contribution in [0.25, 0.3) is 77.2 Å². The number of hydrogen-bond acceptors (Lipinski definition) is 2. The van der Waals surface area contributed by atoms with Crippen molar-refractivity contribution in [3.63, 3.8) is 0 Å². The van der Waals surface area contributed by atoms with Gasteiger partial charge in [-0.1, -0.05) is 140 Å². The molecule has 10 rings (SSSR count). The number of para-hydroxylation sites is 4. The first-order valence-corrected chi connectivity index (χ1v) is 18.0. The lowest BCUT2D eigenvalue weighted by Gasteiger charge is -2.19. The molecular formula is C49H35N3O. The fourth-order valence-corrected chi connectivity index (χ4v) is 7.95. The first-order chi connectivity index (χ1) is 26.2. The lowest BCUT2D eigenvalue weighted by Crippen LogP contribution is -2.06. The van der Waals surface area contributed by atoms with Gasteiger partial charge >= 0.3 is 0 Å². The predicted molar refractivity (Wildman–Crippen MR) is 221 cm³/mol. The average molecular weight is 682 g/mol. The van der Waals surface area contributed by atoms with E-state index in [1.165, 1.54) is 32.6 Å². The van der Waals surface area contributed by atoms with E-state index < -0.39 is 0 Å². The van der Waals surface area contributed by atoms with Gasteiger partial charge in [0.25, 0.3) is 0 Å². The molecule has 0 saturated carbocycles. The molecule has 2 aromatic heterocycles. The second kappa shape index (κ2) is 12.6. The average Bonchev–Trinajstić information content (AvgIpc) is 3.74. The van der Waals surface area contributed by atoms with Crippen LogP contribution in [0.5, 0.6) is 5.75 Å². The number of aromatic nitrogens is 2. The molecule has 0 atom stereocenters. The number of anilines is 1. The van der Waals surface area contributed by atoms with E-state index in [0.717, 1.165) is 50.2 Å². The van der Waals surface area contributed by atoms with Crippen molar-refractivity contribution >= 4 is 49.3 Å². The van der Waals surface area contributed by atoms with Crippen LogP contribution in [0.1, 0.15) is 5.56 Å². The molecule has 4 heteroatoms. The van der Waals surface area contributed by atoms with E-state index in [1.54, 1.807) is 0 Å². The zero-order chi connectivity index (χ0) is 35.3. The predicted octanol–water partition coefficient (Wildman–Crippen LogP) is 12.4. The van der Waals surface area contributed by atoms with E-state index in [-0.39, 0.29) is 0 Å². The van der Waals surface area contributed by atoms with E-state index in [0.29, 0.717) is 18.0 Å². The molecule has 10 aromatic rings. The lowest BCUT2D eigenvalue weighted by atomic mass is 9.97. The van der Waals surface area contributed by atoms with Gasteiger partial charge in [-0.05, 0) is 70.8 Å². The van der Waals surface area contributed by atoms with Gasteiger partial charge in [-0.15, -0.1) is 0 Å². The van der Waals surface area contributed by atoms with Gasteiger partial charge in [-0.25, -0.2) is 0 Å². The van der Waals surface area contributed by atoms with Gasteiger partial charge in [-0.3, -0.25) is 0 Å². The molecule has 2 heterocycles. The van der Waals surface area contributed by atoms with Crippen LogP contribution in [-0.4, -0.2) is 9.13 Å². The summed E-state index contributed by atoms with van der Waals surface area (Å²) in [5, 5.41) is 4.90. The number of nitrogen functional groups attached to an aromatic ring is 1. The molecule has 0 bridgehead atoms. The van der Waals surface area contributed by atoms with Crippen LogP contribution in [-0.2, 0) is 6.61 Å². The normalized spacial score (nSPS) is 11.5. The van der Waals surface area contributed by atoms with Crippen molar-refractivity contribution in [2.75, 3.05) is 5.73 Å². The zero-order valence-corrected chi connectivity index (χ0v) is 29.0. The molecule has 0 spiro atoms. The van der Waals surface area contributed by atoms with Gasteiger partial charge in [0.2, 0.25) is 0 Å². The van der Waals surface area contributed by atoms with Crippen LogP contribution in [0, 0.1) is 0 Å². The Kier molecular flexibility index (Phi) is 7.33. The molecule has 0 aliphatic rings. The monoisotopic (exact) mass is 681 g/mol. The highest BCUT2D eigenvalue weighted by atomic mass is 16.5. The fourth-order valence-electron chi connectivity index (χ4n) is 7.95. The van der Waals surface area contributed by atoms with E-state index >= 15 is 0 Å². The molecule has 0 aliphatic heterocycles. The minimum Gasteiger partial charge on any atom is -0.487 e. The number of benzene rings is 8. The summed E-state index contributed by atoms with van der Waals surface area (Å²) < 4.78 is 11.5. The van der Waals surface area contributed by atoms with Crippen molar-refractivity contribution < 1.29 is 4.74 Å². The Hall–Kier alpha value is -7.04. The topological polar surface area (TPSA) is 45.1 Å². The largest absolute Gasteiger partial charge is 0.487 e. The van der Waals surface area contributed by atoms with Gasteiger partial charge in [0.1, 0.15) is 12.4 Å². The highest BCUT2D eigenvalue weighted by molar-refractivity contribution is 6.11. The quantitative estimate of drug-likeness (QED) is 0.170. The summed E-state index contributed by atoms with van der Waals surface area (Å²) in [7, 11) is 0. The van der Waals surface area contributed by atoms with E-state index in [1.807, 2.05) is 24.3 Å². The maximum atomic E-state index is 6.92. The van der Waals surface area contributed by atoms with Crippen LogP contribution in [0.15, 0.2) is 188 Å². The summed E-state index contributed by atoms with van der Waals surface area (Å²) in [6.07, 6.45) is 0. The Morgan fingerprint density at radius 2 is 0.849 bits per heavy atom. The van der Waals surface area contributed by atoms with Crippen molar-refractivity contribution in [1.29, 1.82) is 0 Å². The SMILES string of the molecule is Nc1c(OCc2ccc(-n3c4ccccc4c4ccccc43)c(-n3c4ccccc4c4ccccc43)c2)cc(-c2ccccc2)cc1-c1ccccc1. The van der Waals surface area contributed by atoms with Crippen molar-refractivity contribution in [2.24, 2.45) is 0 Å². The van der Waals surface area contributed by atoms with Crippen LogP contribution in [0.3, 0.4) is 0 Å². The molecule has 2 N–H and O–H groups in total. The number of rotatable bonds is 7. The Bertz CT molecular complexity index is 2850. The van der Waals surface area contributed by atoms with Crippen LogP contribution < -0.4 is 10.5 Å². The third kappa shape index (κ3) is 5.15. The molecule has 0 unspecified atom stereocenters. The van der Waals surface area contributed by atoms with Gasteiger partial charge in [-0.2, -0.15) is 0 Å². The smallest absolute Gasteiger partial charge is 0.143 e. The van der Waals surface area contributed by atoms with Crippen LogP contribution in [0.4, 0.5) is 5.69 Å².